The second kappa shape index (κ2) is 9.33. The Morgan fingerprint density at radius 1 is 0.645 bits per heavy atom. The molecule has 0 heterocycles. The number of hydrogen-bond acceptors (Lipinski definition) is 1. The highest BCUT2D eigenvalue weighted by Gasteiger charge is 2.27. The van der Waals surface area contributed by atoms with Crippen LogP contribution in [0.15, 0.2) is 115 Å². The van der Waals surface area contributed by atoms with Gasteiger partial charge in [-0.2, -0.15) is 0 Å². The summed E-state index contributed by atoms with van der Waals surface area (Å²) < 4.78 is 0. The van der Waals surface area contributed by atoms with Gasteiger partial charge in [0.15, 0.2) is 5.78 Å². The highest BCUT2D eigenvalue weighted by atomic mass is 31.2. The third kappa shape index (κ3) is 4.33. The molecule has 1 nitrogen and oxygen atoms in total. The summed E-state index contributed by atoms with van der Waals surface area (Å²) in [5.41, 5.74) is 2.26. The summed E-state index contributed by atoms with van der Waals surface area (Å²) in [6, 6.07) is 39.8. The second-order valence-corrected chi connectivity index (χ2v) is 11.1. The quantitative estimate of drug-likeness (QED) is 0.377. The van der Waals surface area contributed by atoms with Crippen molar-refractivity contribution in [2.45, 2.75) is 19.8 Å². The number of carbonyl (C=O) groups excluding carboxylic acids is 1. The Labute approximate surface area is 185 Å². The van der Waals surface area contributed by atoms with Crippen LogP contribution in [0.4, 0.5) is 0 Å². The maximum absolute atomic E-state index is 13.7. The van der Waals surface area contributed by atoms with E-state index in [1.54, 1.807) is 0 Å². The fraction of sp³-hybridized carbons (Fsp3) is 0.103. The molecule has 0 saturated heterocycles. The van der Waals surface area contributed by atoms with Gasteiger partial charge in [-0.25, -0.2) is 0 Å². The molecule has 1 unspecified atom stereocenters. The predicted octanol–water partition coefficient (Wildman–Crippen LogP) is 5.46. The number of benzene rings is 4. The Kier molecular flexibility index (Phi) is 6.35. The van der Waals surface area contributed by atoms with Gasteiger partial charge in [0.1, 0.15) is 0 Å². The normalized spacial score (nSPS) is 12.2. The fourth-order valence-corrected chi connectivity index (χ4v) is 7.86. The lowest BCUT2D eigenvalue weighted by molar-refractivity contribution is -0.113. The van der Waals surface area contributed by atoms with Crippen molar-refractivity contribution in [2.75, 3.05) is 0 Å². The van der Waals surface area contributed by atoms with Crippen LogP contribution in [0.5, 0.6) is 0 Å². The summed E-state index contributed by atoms with van der Waals surface area (Å²) in [5, 5.41) is 3.57. The van der Waals surface area contributed by atoms with Gasteiger partial charge < -0.3 is 0 Å². The van der Waals surface area contributed by atoms with Crippen LogP contribution in [0, 0.1) is 6.92 Å². The third-order valence-corrected chi connectivity index (χ3v) is 9.80. The van der Waals surface area contributed by atoms with E-state index in [1.807, 2.05) is 30.9 Å². The van der Waals surface area contributed by atoms with Gasteiger partial charge >= 0.3 is 0 Å². The van der Waals surface area contributed by atoms with E-state index >= 15 is 0 Å². The van der Waals surface area contributed by atoms with Crippen molar-refractivity contribution in [1.82, 2.24) is 0 Å². The van der Waals surface area contributed by atoms with Crippen LogP contribution in [0.2, 0.25) is 0 Å². The molecule has 0 aliphatic carbocycles. The maximum Gasteiger partial charge on any atom is 0.163 e. The van der Waals surface area contributed by atoms with Crippen molar-refractivity contribution in [3.8, 4) is 0 Å². The molecule has 1 atom stereocenters. The molecule has 4 rings (SSSR count). The predicted molar refractivity (Wildman–Crippen MR) is 136 cm³/mol. The zero-order valence-corrected chi connectivity index (χ0v) is 18.9. The minimum Gasteiger partial charge on any atom is -0.294 e. The Bertz CT molecular complexity index is 1090. The first kappa shape index (κ1) is 21.1. The average Bonchev–Trinajstić information content (AvgIpc) is 2.84. The van der Waals surface area contributed by atoms with E-state index in [-0.39, 0.29) is 11.7 Å². The lowest BCUT2D eigenvalue weighted by Crippen LogP contribution is -2.29. The van der Waals surface area contributed by atoms with E-state index in [0.717, 1.165) is 5.56 Å². The Balaban J connectivity index is 1.97. The Morgan fingerprint density at radius 2 is 1.03 bits per heavy atom. The van der Waals surface area contributed by atoms with E-state index in [0.29, 0.717) is 0 Å². The van der Waals surface area contributed by atoms with Crippen LogP contribution in [0.1, 0.15) is 24.0 Å². The summed E-state index contributed by atoms with van der Waals surface area (Å²) in [7, 11) is 0. The Morgan fingerprint density at radius 3 is 1.42 bits per heavy atom. The first-order valence-corrected chi connectivity index (χ1v) is 12.5. The van der Waals surface area contributed by atoms with Gasteiger partial charge in [-0.15, -0.1) is 0 Å². The Hall–Kier alpha value is -3.15. The third-order valence-electron chi connectivity index (χ3n) is 5.82. The maximum atomic E-state index is 13.7. The van der Waals surface area contributed by atoms with E-state index in [4.69, 9.17) is 0 Å². The molecule has 0 bridgehead atoms. The van der Waals surface area contributed by atoms with Crippen LogP contribution in [-0.4, -0.2) is 11.6 Å². The van der Waals surface area contributed by atoms with Crippen LogP contribution in [-0.2, 0) is 4.79 Å². The molecule has 0 fully saturated rings. The van der Waals surface area contributed by atoms with E-state index in [1.165, 1.54) is 21.5 Å². The van der Waals surface area contributed by atoms with Gasteiger partial charge in [0.05, 0.1) is 0 Å². The molecule has 0 aliphatic rings. The van der Waals surface area contributed by atoms with Crippen LogP contribution < -0.4 is 15.9 Å². The number of hydrogen-bond donors (Lipinski definition) is 0. The number of rotatable bonds is 6. The number of Topliss-reactive ketones (excluding diaryl/α,β-unsaturated/α-hetero) is 1. The minimum atomic E-state index is -2.27. The molecule has 154 valence electrons. The molecule has 4 aromatic rings. The highest BCUT2D eigenvalue weighted by molar-refractivity contribution is 7.95. The first-order chi connectivity index (χ1) is 15.1. The number of aryl methyl sites for hydroxylation is 1. The van der Waals surface area contributed by atoms with Crippen molar-refractivity contribution in [2.24, 2.45) is 0 Å². The van der Waals surface area contributed by atoms with Crippen LogP contribution >= 0.6 is 6.89 Å². The van der Waals surface area contributed by atoms with E-state index in [9.17, 15) is 4.79 Å². The fourth-order valence-electron chi connectivity index (χ4n) is 3.98. The average molecular weight is 423 g/mol. The summed E-state index contributed by atoms with van der Waals surface area (Å²) in [6.07, 6.45) is 0. The van der Waals surface area contributed by atoms with Crippen molar-refractivity contribution < 1.29 is 4.79 Å². The molecule has 0 spiro atoms. The van der Waals surface area contributed by atoms with Gasteiger partial charge in [0.2, 0.25) is 0 Å². The summed E-state index contributed by atoms with van der Waals surface area (Å²) in [4.78, 5) is 13.7. The van der Waals surface area contributed by atoms with Crippen LogP contribution in [0.25, 0.3) is 0 Å². The van der Waals surface area contributed by atoms with Gasteiger partial charge in [-0.05, 0) is 41.1 Å². The lowest BCUT2D eigenvalue weighted by Gasteiger charge is -2.29. The molecule has 0 radical (unpaired) electrons. The van der Waals surface area contributed by atoms with Crippen molar-refractivity contribution in [3.05, 3.63) is 126 Å². The number of ketones is 1. The largest absolute Gasteiger partial charge is 0.294 e. The summed E-state index contributed by atoms with van der Waals surface area (Å²) >= 11 is 0. The van der Waals surface area contributed by atoms with E-state index in [2.05, 4.69) is 104 Å². The van der Waals surface area contributed by atoms with Gasteiger partial charge in [-0.1, -0.05) is 128 Å². The molecule has 4 aromatic carbocycles. The van der Waals surface area contributed by atoms with Gasteiger partial charge in [0, 0.05) is 5.92 Å². The number of carbonyl (C=O) groups is 1. The zero-order valence-electron chi connectivity index (χ0n) is 18.0. The molecule has 0 saturated carbocycles. The molecule has 0 amide bonds. The second-order valence-electron chi connectivity index (χ2n) is 7.89. The topological polar surface area (TPSA) is 17.1 Å². The molecule has 0 aromatic heterocycles. The summed E-state index contributed by atoms with van der Waals surface area (Å²) in [5.74, 6) is 2.00. The van der Waals surface area contributed by atoms with Crippen molar-refractivity contribution in [3.63, 3.8) is 0 Å². The lowest BCUT2D eigenvalue weighted by atomic mass is 9.97. The standard InChI is InChI=1S/C29H27OP/c1-23-18-20-25(21-19-23)24(2)29(30)22-31(26-12-6-3-7-13-26,27-14-8-4-9-15-27)28-16-10-5-11-17-28/h3-22,24H,1-2H3. The van der Waals surface area contributed by atoms with Crippen LogP contribution in [0.3, 0.4) is 0 Å². The van der Waals surface area contributed by atoms with Gasteiger partial charge in [0.25, 0.3) is 0 Å². The first-order valence-electron chi connectivity index (χ1n) is 10.6. The smallest absolute Gasteiger partial charge is 0.163 e. The minimum absolute atomic E-state index is 0.161. The highest BCUT2D eigenvalue weighted by Crippen LogP contribution is 2.44. The molecular weight excluding hydrogens is 395 g/mol. The monoisotopic (exact) mass is 422 g/mol. The molecule has 0 N–H and O–H groups in total. The SMILES string of the molecule is Cc1ccc(C(C)C(=O)C=P(c2ccccc2)(c2ccccc2)c2ccccc2)cc1. The van der Waals surface area contributed by atoms with Crippen molar-refractivity contribution >= 4 is 34.4 Å². The van der Waals surface area contributed by atoms with E-state index < -0.39 is 6.89 Å². The zero-order chi connectivity index (χ0) is 21.7. The van der Waals surface area contributed by atoms with Crippen molar-refractivity contribution in [1.29, 1.82) is 0 Å². The summed E-state index contributed by atoms with van der Waals surface area (Å²) in [6.45, 7) is 1.81. The molecule has 0 aliphatic heterocycles. The molecular formula is C29H27OP. The molecule has 31 heavy (non-hydrogen) atoms. The molecule has 2 heteroatoms. The van der Waals surface area contributed by atoms with Gasteiger partial charge in [-0.3, -0.25) is 4.79 Å².